The van der Waals surface area contributed by atoms with E-state index in [2.05, 4.69) is 15.6 Å². The standard InChI is InChI=1S/C15H20FN3O.HI/c1-9(2)19-15(17-4)18-8-14-10(3)12-7-11(16)5-6-13(12)20-14;/h5-7,9H,8H2,1-4H3,(H2,17,18,19);1H. The number of aliphatic imine (C=N–C) groups is 1. The summed E-state index contributed by atoms with van der Waals surface area (Å²) in [5, 5.41) is 7.20. The summed E-state index contributed by atoms with van der Waals surface area (Å²) in [5.74, 6) is 1.25. The lowest BCUT2D eigenvalue weighted by Crippen LogP contribution is -2.40. The zero-order valence-electron chi connectivity index (χ0n) is 12.7. The Hall–Kier alpha value is -1.31. The van der Waals surface area contributed by atoms with E-state index in [4.69, 9.17) is 4.42 Å². The van der Waals surface area contributed by atoms with Gasteiger partial charge in [0.15, 0.2) is 5.96 Å². The van der Waals surface area contributed by atoms with Gasteiger partial charge >= 0.3 is 0 Å². The van der Waals surface area contributed by atoms with Gasteiger partial charge in [-0.25, -0.2) is 4.39 Å². The van der Waals surface area contributed by atoms with Crippen molar-refractivity contribution in [2.75, 3.05) is 7.05 Å². The van der Waals surface area contributed by atoms with Crippen LogP contribution in [0.2, 0.25) is 0 Å². The predicted molar refractivity (Wildman–Crippen MR) is 94.8 cm³/mol. The average Bonchev–Trinajstić information content (AvgIpc) is 2.71. The number of furan rings is 1. The summed E-state index contributed by atoms with van der Waals surface area (Å²) < 4.78 is 19.0. The zero-order valence-corrected chi connectivity index (χ0v) is 15.0. The van der Waals surface area contributed by atoms with Crippen LogP contribution >= 0.6 is 24.0 Å². The molecule has 2 aromatic rings. The van der Waals surface area contributed by atoms with E-state index >= 15 is 0 Å². The van der Waals surface area contributed by atoms with Crippen molar-refractivity contribution in [2.24, 2.45) is 4.99 Å². The number of fused-ring (bicyclic) bond motifs is 1. The van der Waals surface area contributed by atoms with Crippen molar-refractivity contribution in [3.8, 4) is 0 Å². The number of hydrogen-bond acceptors (Lipinski definition) is 2. The van der Waals surface area contributed by atoms with Gasteiger partial charge in [-0.15, -0.1) is 24.0 Å². The fourth-order valence-corrected chi connectivity index (χ4v) is 2.04. The van der Waals surface area contributed by atoms with E-state index in [1.165, 1.54) is 12.1 Å². The second-order valence-corrected chi connectivity index (χ2v) is 5.02. The van der Waals surface area contributed by atoms with Crippen LogP contribution in [0.25, 0.3) is 11.0 Å². The molecule has 0 atom stereocenters. The number of aryl methyl sites for hydroxylation is 1. The highest BCUT2D eigenvalue weighted by Gasteiger charge is 2.11. The number of guanidine groups is 1. The molecular formula is C15H21FIN3O. The van der Waals surface area contributed by atoms with E-state index in [9.17, 15) is 4.39 Å². The summed E-state index contributed by atoms with van der Waals surface area (Å²) >= 11 is 0. The van der Waals surface area contributed by atoms with Crippen LogP contribution in [-0.2, 0) is 6.54 Å². The van der Waals surface area contributed by atoms with E-state index in [1.807, 2.05) is 20.8 Å². The molecular weight excluding hydrogens is 384 g/mol. The molecule has 1 aromatic heterocycles. The van der Waals surface area contributed by atoms with Crippen molar-refractivity contribution in [3.05, 3.63) is 35.3 Å². The number of nitrogens with one attached hydrogen (secondary N) is 2. The molecule has 21 heavy (non-hydrogen) atoms. The Balaban J connectivity index is 0.00000220. The third kappa shape index (κ3) is 4.33. The first kappa shape index (κ1) is 17.7. The van der Waals surface area contributed by atoms with Crippen LogP contribution < -0.4 is 10.6 Å². The van der Waals surface area contributed by atoms with Crippen molar-refractivity contribution in [1.82, 2.24) is 10.6 Å². The molecule has 0 fully saturated rings. The minimum Gasteiger partial charge on any atom is -0.459 e. The highest BCUT2D eigenvalue weighted by molar-refractivity contribution is 14.0. The van der Waals surface area contributed by atoms with Gasteiger partial charge in [0.1, 0.15) is 17.2 Å². The predicted octanol–water partition coefficient (Wildman–Crippen LogP) is 3.57. The lowest BCUT2D eigenvalue weighted by Gasteiger charge is -2.13. The van der Waals surface area contributed by atoms with Crippen molar-refractivity contribution in [2.45, 2.75) is 33.4 Å². The molecule has 2 N–H and O–H groups in total. The van der Waals surface area contributed by atoms with Crippen LogP contribution in [0.3, 0.4) is 0 Å². The van der Waals surface area contributed by atoms with Gasteiger partial charge in [0.2, 0.25) is 0 Å². The second-order valence-electron chi connectivity index (χ2n) is 5.02. The smallest absolute Gasteiger partial charge is 0.191 e. The molecule has 1 heterocycles. The monoisotopic (exact) mass is 405 g/mol. The van der Waals surface area contributed by atoms with E-state index in [1.54, 1.807) is 13.1 Å². The molecule has 2 rings (SSSR count). The maximum Gasteiger partial charge on any atom is 0.191 e. The Morgan fingerprint density at radius 3 is 2.71 bits per heavy atom. The first-order valence-corrected chi connectivity index (χ1v) is 6.66. The second kappa shape index (κ2) is 7.63. The van der Waals surface area contributed by atoms with Crippen LogP contribution in [-0.4, -0.2) is 19.0 Å². The molecule has 0 amide bonds. The van der Waals surface area contributed by atoms with Gasteiger partial charge in [-0.3, -0.25) is 4.99 Å². The van der Waals surface area contributed by atoms with E-state index in [0.29, 0.717) is 24.1 Å². The van der Waals surface area contributed by atoms with Gasteiger partial charge < -0.3 is 15.1 Å². The number of rotatable bonds is 3. The molecule has 0 aliphatic rings. The molecule has 6 heteroatoms. The molecule has 0 spiro atoms. The normalized spacial score (nSPS) is 11.6. The number of benzene rings is 1. The van der Waals surface area contributed by atoms with E-state index in [-0.39, 0.29) is 29.8 Å². The Morgan fingerprint density at radius 1 is 1.38 bits per heavy atom. The first-order chi connectivity index (χ1) is 9.51. The lowest BCUT2D eigenvalue weighted by molar-refractivity contribution is 0.532. The highest BCUT2D eigenvalue weighted by Crippen LogP contribution is 2.25. The molecule has 1 aromatic carbocycles. The van der Waals surface area contributed by atoms with Crippen molar-refractivity contribution in [1.29, 1.82) is 0 Å². The van der Waals surface area contributed by atoms with Gasteiger partial charge in [0.25, 0.3) is 0 Å². The first-order valence-electron chi connectivity index (χ1n) is 6.66. The number of nitrogens with zero attached hydrogens (tertiary/aromatic N) is 1. The lowest BCUT2D eigenvalue weighted by atomic mass is 10.1. The van der Waals surface area contributed by atoms with E-state index < -0.39 is 0 Å². The quantitative estimate of drug-likeness (QED) is 0.467. The van der Waals surface area contributed by atoms with Crippen LogP contribution in [0.1, 0.15) is 25.2 Å². The molecule has 0 bridgehead atoms. The minimum absolute atomic E-state index is 0. The Morgan fingerprint density at radius 2 is 2.10 bits per heavy atom. The van der Waals surface area contributed by atoms with E-state index in [0.717, 1.165) is 16.7 Å². The fourth-order valence-electron chi connectivity index (χ4n) is 2.04. The minimum atomic E-state index is -0.252. The highest BCUT2D eigenvalue weighted by atomic mass is 127. The van der Waals surface area contributed by atoms with Gasteiger partial charge in [0, 0.05) is 24.0 Å². The van der Waals surface area contributed by atoms with Crippen LogP contribution in [0.5, 0.6) is 0 Å². The summed E-state index contributed by atoms with van der Waals surface area (Å²) in [7, 11) is 1.72. The summed E-state index contributed by atoms with van der Waals surface area (Å²) in [6, 6.07) is 4.86. The molecule has 0 saturated heterocycles. The molecule has 4 nitrogen and oxygen atoms in total. The topological polar surface area (TPSA) is 49.6 Å². The summed E-state index contributed by atoms with van der Waals surface area (Å²) in [6.45, 7) is 6.53. The molecule has 0 aliphatic carbocycles. The maximum absolute atomic E-state index is 13.3. The van der Waals surface area contributed by atoms with Gasteiger partial charge in [-0.1, -0.05) is 0 Å². The fraction of sp³-hybridized carbons (Fsp3) is 0.400. The Kier molecular flexibility index (Phi) is 6.44. The third-order valence-corrected chi connectivity index (χ3v) is 3.06. The Bertz CT molecular complexity index is 637. The molecule has 0 aliphatic heterocycles. The van der Waals surface area contributed by atoms with Crippen LogP contribution in [0, 0.1) is 12.7 Å². The largest absolute Gasteiger partial charge is 0.459 e. The average molecular weight is 405 g/mol. The Labute approximate surface area is 141 Å². The maximum atomic E-state index is 13.3. The van der Waals surface area contributed by atoms with Gasteiger partial charge in [-0.05, 0) is 39.0 Å². The summed E-state index contributed by atoms with van der Waals surface area (Å²) in [4.78, 5) is 4.13. The molecule has 116 valence electrons. The number of halogens is 2. The van der Waals surface area contributed by atoms with Crippen molar-refractivity contribution in [3.63, 3.8) is 0 Å². The van der Waals surface area contributed by atoms with Crippen LogP contribution in [0.4, 0.5) is 4.39 Å². The van der Waals surface area contributed by atoms with Gasteiger partial charge in [-0.2, -0.15) is 0 Å². The molecule has 0 unspecified atom stereocenters. The third-order valence-electron chi connectivity index (χ3n) is 3.06. The zero-order chi connectivity index (χ0) is 14.7. The van der Waals surface area contributed by atoms with Crippen molar-refractivity contribution < 1.29 is 8.81 Å². The van der Waals surface area contributed by atoms with Crippen LogP contribution in [0.15, 0.2) is 27.6 Å². The molecule has 0 saturated carbocycles. The summed E-state index contributed by atoms with van der Waals surface area (Å²) in [5.41, 5.74) is 1.65. The van der Waals surface area contributed by atoms with Crippen molar-refractivity contribution >= 4 is 40.9 Å². The van der Waals surface area contributed by atoms with Gasteiger partial charge in [0.05, 0.1) is 6.54 Å². The molecule has 0 radical (unpaired) electrons. The SMILES string of the molecule is CN=C(NCc1oc2ccc(F)cc2c1C)NC(C)C.I. The summed E-state index contributed by atoms with van der Waals surface area (Å²) in [6.07, 6.45) is 0. The number of hydrogen-bond donors (Lipinski definition) is 2.